The Hall–Kier alpha value is -3.33. The van der Waals surface area contributed by atoms with Gasteiger partial charge in [0.2, 0.25) is 0 Å². The van der Waals surface area contributed by atoms with Gasteiger partial charge < -0.3 is 0 Å². The van der Waals surface area contributed by atoms with Crippen LogP contribution < -0.4 is 0 Å². The number of aromatic nitrogens is 5. The molecule has 0 aliphatic heterocycles. The van der Waals surface area contributed by atoms with E-state index in [0.29, 0.717) is 17.8 Å². The fourth-order valence-corrected chi connectivity index (χ4v) is 2.29. The molecular weight excluding hydrogens is 288 g/mol. The Kier molecular flexibility index (Phi) is 4.20. The molecule has 0 aliphatic rings. The zero-order valence-electron chi connectivity index (χ0n) is 12.6. The van der Waals surface area contributed by atoms with Gasteiger partial charge in [-0.05, 0) is 31.2 Å². The summed E-state index contributed by atoms with van der Waals surface area (Å²) < 4.78 is 1.67. The number of rotatable bonds is 4. The molecule has 3 aromatic rings. The highest BCUT2D eigenvalue weighted by Gasteiger charge is 2.13. The Morgan fingerprint density at radius 2 is 2.00 bits per heavy atom. The lowest BCUT2D eigenvalue weighted by Crippen LogP contribution is -2.08. The maximum atomic E-state index is 9.25. The topological polar surface area (TPSA) is 80.3 Å². The number of nitriles is 1. The first-order valence-corrected chi connectivity index (χ1v) is 7.14. The molecule has 0 radical (unpaired) electrons. The zero-order valence-corrected chi connectivity index (χ0v) is 12.6. The highest BCUT2D eigenvalue weighted by Crippen LogP contribution is 2.16. The van der Waals surface area contributed by atoms with Crippen molar-refractivity contribution in [2.75, 3.05) is 0 Å². The summed E-state index contributed by atoms with van der Waals surface area (Å²) in [5.41, 5.74) is 3.04. The summed E-state index contributed by atoms with van der Waals surface area (Å²) in [4.78, 5) is 13.0. The second-order valence-corrected chi connectivity index (χ2v) is 4.79. The molecule has 0 amide bonds. The quantitative estimate of drug-likeness (QED) is 0.740. The number of hydrogen-bond donors (Lipinski definition) is 0. The molecule has 23 heavy (non-hydrogen) atoms. The Morgan fingerprint density at radius 3 is 2.83 bits per heavy atom. The molecule has 0 unspecified atom stereocenters. The number of pyridine rings is 1. The average Bonchev–Trinajstić information content (AvgIpc) is 3.05. The van der Waals surface area contributed by atoms with Crippen molar-refractivity contribution >= 4 is 6.08 Å². The van der Waals surface area contributed by atoms with Crippen molar-refractivity contribution in [1.29, 1.82) is 5.26 Å². The Bertz CT molecular complexity index is 888. The van der Waals surface area contributed by atoms with Crippen molar-refractivity contribution in [3.63, 3.8) is 0 Å². The second kappa shape index (κ2) is 6.62. The summed E-state index contributed by atoms with van der Waals surface area (Å²) in [7, 11) is 0. The van der Waals surface area contributed by atoms with Crippen LogP contribution in [0.3, 0.4) is 0 Å². The summed E-state index contributed by atoms with van der Waals surface area (Å²) in [6, 6.07) is 7.49. The van der Waals surface area contributed by atoms with Crippen LogP contribution in [-0.2, 0) is 6.42 Å². The Labute approximate surface area is 133 Å². The van der Waals surface area contributed by atoms with Crippen molar-refractivity contribution in [2.24, 2.45) is 0 Å². The van der Waals surface area contributed by atoms with E-state index in [1.165, 1.54) is 0 Å². The molecule has 6 nitrogen and oxygen atoms in total. The van der Waals surface area contributed by atoms with Gasteiger partial charge in [-0.2, -0.15) is 10.4 Å². The van der Waals surface area contributed by atoms with Crippen LogP contribution in [0.15, 0.2) is 49.1 Å². The molecular formula is C17H14N6. The molecule has 3 heterocycles. The molecule has 0 atom stereocenters. The molecule has 0 N–H and O–H groups in total. The summed E-state index contributed by atoms with van der Waals surface area (Å²) >= 11 is 0. The summed E-state index contributed by atoms with van der Waals surface area (Å²) in [5, 5.41) is 13.6. The van der Waals surface area contributed by atoms with Crippen molar-refractivity contribution in [1.82, 2.24) is 24.7 Å². The Morgan fingerprint density at radius 1 is 1.13 bits per heavy atom. The van der Waals surface area contributed by atoms with E-state index in [4.69, 9.17) is 0 Å². The van der Waals surface area contributed by atoms with Crippen LogP contribution >= 0.6 is 0 Å². The zero-order chi connectivity index (χ0) is 16.1. The lowest BCUT2D eigenvalue weighted by atomic mass is 10.1. The van der Waals surface area contributed by atoms with E-state index >= 15 is 0 Å². The predicted octanol–water partition coefficient (Wildman–Crippen LogP) is 2.55. The van der Waals surface area contributed by atoms with Gasteiger partial charge in [-0.25, -0.2) is 9.67 Å². The van der Waals surface area contributed by atoms with Crippen LogP contribution in [-0.4, -0.2) is 24.7 Å². The average molecular weight is 302 g/mol. The Balaban J connectivity index is 2.02. The van der Waals surface area contributed by atoms with E-state index < -0.39 is 0 Å². The van der Waals surface area contributed by atoms with Crippen molar-refractivity contribution in [2.45, 2.75) is 13.3 Å². The van der Waals surface area contributed by atoms with Crippen LogP contribution in [0.4, 0.5) is 0 Å². The monoisotopic (exact) mass is 302 g/mol. The molecule has 3 rings (SSSR count). The molecule has 0 saturated heterocycles. The van der Waals surface area contributed by atoms with E-state index in [1.807, 2.05) is 25.1 Å². The molecule has 112 valence electrons. The van der Waals surface area contributed by atoms with Crippen LogP contribution in [0, 0.1) is 11.3 Å². The minimum Gasteiger partial charge on any atom is -0.257 e. The fourth-order valence-electron chi connectivity index (χ4n) is 2.29. The normalized spacial score (nSPS) is 10.8. The smallest absolute Gasteiger partial charge is 0.171 e. The lowest BCUT2D eigenvalue weighted by Gasteiger charge is -2.08. The summed E-state index contributed by atoms with van der Waals surface area (Å²) in [6.45, 7) is 1.94. The van der Waals surface area contributed by atoms with Gasteiger partial charge in [-0.15, -0.1) is 0 Å². The molecule has 0 aliphatic carbocycles. The van der Waals surface area contributed by atoms with Crippen molar-refractivity contribution in [3.8, 4) is 11.9 Å². The van der Waals surface area contributed by atoms with Gasteiger partial charge in [-0.3, -0.25) is 9.97 Å². The van der Waals surface area contributed by atoms with Crippen molar-refractivity contribution < 1.29 is 0 Å². The molecule has 3 aromatic heterocycles. The van der Waals surface area contributed by atoms with Crippen LogP contribution in [0.2, 0.25) is 0 Å². The SMILES string of the molecule is CC=Cc1nccnc1Cc1ccnn1-c1ncccc1C#N. The third kappa shape index (κ3) is 2.99. The molecule has 0 fully saturated rings. The molecule has 6 heteroatoms. The third-order valence-electron chi connectivity index (χ3n) is 3.31. The second-order valence-electron chi connectivity index (χ2n) is 4.79. The molecule has 0 bridgehead atoms. The van der Waals surface area contributed by atoms with Crippen LogP contribution in [0.25, 0.3) is 11.9 Å². The minimum atomic E-state index is 0.477. The maximum absolute atomic E-state index is 9.25. The number of hydrogen-bond acceptors (Lipinski definition) is 5. The molecule has 0 saturated carbocycles. The van der Waals surface area contributed by atoms with Crippen LogP contribution in [0.5, 0.6) is 0 Å². The van der Waals surface area contributed by atoms with E-state index in [1.54, 1.807) is 41.6 Å². The summed E-state index contributed by atoms with van der Waals surface area (Å²) in [6.07, 6.45) is 11.1. The standard InChI is InChI=1S/C17H14N6/c1-2-4-15-16(20-10-9-19-15)11-14-6-8-22-23(14)17-13(12-18)5-3-7-21-17/h2-10H,11H2,1H3. The van der Waals surface area contributed by atoms with Gasteiger partial charge in [0.05, 0.1) is 22.6 Å². The lowest BCUT2D eigenvalue weighted by molar-refractivity contribution is 0.787. The van der Waals surface area contributed by atoms with Crippen molar-refractivity contribution in [3.05, 3.63) is 71.7 Å². The van der Waals surface area contributed by atoms with Gasteiger partial charge in [0.15, 0.2) is 5.82 Å². The highest BCUT2D eigenvalue weighted by molar-refractivity contribution is 5.48. The van der Waals surface area contributed by atoms with E-state index in [-0.39, 0.29) is 0 Å². The first kappa shape index (κ1) is 14.6. The largest absolute Gasteiger partial charge is 0.257 e. The van der Waals surface area contributed by atoms with E-state index in [2.05, 4.69) is 26.1 Å². The number of allylic oxidation sites excluding steroid dienone is 1. The fraction of sp³-hybridized carbons (Fsp3) is 0.118. The highest BCUT2D eigenvalue weighted by atomic mass is 15.3. The number of nitrogens with zero attached hydrogens (tertiary/aromatic N) is 6. The summed E-state index contributed by atoms with van der Waals surface area (Å²) in [5.74, 6) is 0.520. The third-order valence-corrected chi connectivity index (χ3v) is 3.31. The predicted molar refractivity (Wildman–Crippen MR) is 85.6 cm³/mol. The van der Waals surface area contributed by atoms with E-state index in [9.17, 15) is 5.26 Å². The van der Waals surface area contributed by atoms with E-state index in [0.717, 1.165) is 17.1 Å². The molecule has 0 aromatic carbocycles. The first-order chi connectivity index (χ1) is 11.3. The van der Waals surface area contributed by atoms with Gasteiger partial charge >= 0.3 is 0 Å². The maximum Gasteiger partial charge on any atom is 0.171 e. The van der Waals surface area contributed by atoms with Gasteiger partial charge in [0.25, 0.3) is 0 Å². The van der Waals surface area contributed by atoms with Gasteiger partial charge in [-0.1, -0.05) is 6.08 Å². The van der Waals surface area contributed by atoms with Crippen LogP contribution in [0.1, 0.15) is 29.6 Å². The molecule has 0 spiro atoms. The van der Waals surface area contributed by atoms with Gasteiger partial charge in [0.1, 0.15) is 6.07 Å². The first-order valence-electron chi connectivity index (χ1n) is 7.14. The minimum absolute atomic E-state index is 0.477. The van der Waals surface area contributed by atoms with Gasteiger partial charge in [0, 0.05) is 31.2 Å².